The zero-order valence-corrected chi connectivity index (χ0v) is 13.6. The van der Waals surface area contributed by atoms with Gasteiger partial charge in [0, 0.05) is 53.1 Å². The maximum atomic E-state index is 5.03. The van der Waals surface area contributed by atoms with Gasteiger partial charge in [-0.3, -0.25) is 4.99 Å². The lowest BCUT2D eigenvalue weighted by Gasteiger charge is -2.16. The first-order valence-corrected chi connectivity index (χ1v) is 7.97. The summed E-state index contributed by atoms with van der Waals surface area (Å²) in [4.78, 5) is 11.1. The summed E-state index contributed by atoms with van der Waals surface area (Å²) in [6.45, 7) is 4.58. The van der Waals surface area contributed by atoms with E-state index >= 15 is 0 Å². The van der Waals surface area contributed by atoms with E-state index in [1.54, 1.807) is 14.2 Å². The van der Waals surface area contributed by atoms with E-state index in [2.05, 4.69) is 37.6 Å². The van der Waals surface area contributed by atoms with Crippen molar-refractivity contribution in [2.75, 3.05) is 45.3 Å². The number of methoxy groups -OCH3 is 1. The molecule has 0 saturated carbocycles. The largest absolute Gasteiger partial charge is 0.385 e. The Hall–Kier alpha value is -1.82. The van der Waals surface area contributed by atoms with Gasteiger partial charge in [-0.1, -0.05) is 6.07 Å². The summed E-state index contributed by atoms with van der Waals surface area (Å²) in [7, 11) is 3.49. The second kappa shape index (κ2) is 9.25. The first-order chi connectivity index (χ1) is 10.8. The van der Waals surface area contributed by atoms with Gasteiger partial charge >= 0.3 is 0 Å². The third-order valence-electron chi connectivity index (χ3n) is 3.74. The molecule has 0 spiro atoms. The number of rotatable bonds is 7. The zero-order valence-electron chi connectivity index (χ0n) is 13.6. The molecule has 1 aromatic rings. The lowest BCUT2D eigenvalue weighted by molar-refractivity contribution is 0.195. The average Bonchev–Trinajstić information content (AvgIpc) is 3.09. The molecule has 6 nitrogen and oxygen atoms in total. The summed E-state index contributed by atoms with van der Waals surface area (Å²) >= 11 is 0. The zero-order chi connectivity index (χ0) is 15.6. The van der Waals surface area contributed by atoms with Crippen LogP contribution in [0.25, 0.3) is 0 Å². The standard InChI is InChI=1S/C16H27N5O/c1-17-16(18-8-5-11-22-2)20-13-14-6-7-15(19-12-14)21-9-3-4-10-21/h6-7,12H,3-5,8-11,13H2,1-2H3,(H2,17,18,20). The quantitative estimate of drug-likeness (QED) is 0.453. The van der Waals surface area contributed by atoms with Crippen molar-refractivity contribution < 1.29 is 4.74 Å². The van der Waals surface area contributed by atoms with Crippen LogP contribution in [0.4, 0.5) is 5.82 Å². The Kier molecular flexibility index (Phi) is 6.96. The SMILES string of the molecule is CN=C(NCCCOC)NCc1ccc(N2CCCC2)nc1. The second-order valence-corrected chi connectivity index (χ2v) is 5.42. The summed E-state index contributed by atoms with van der Waals surface area (Å²) in [5, 5.41) is 6.56. The third kappa shape index (κ3) is 5.18. The molecule has 1 aliphatic rings. The van der Waals surface area contributed by atoms with Crippen molar-refractivity contribution in [1.29, 1.82) is 0 Å². The molecule has 122 valence electrons. The van der Waals surface area contributed by atoms with Crippen LogP contribution in [-0.4, -0.2) is 51.3 Å². The van der Waals surface area contributed by atoms with E-state index in [9.17, 15) is 0 Å². The molecular formula is C16H27N5O. The second-order valence-electron chi connectivity index (χ2n) is 5.42. The van der Waals surface area contributed by atoms with Crippen LogP contribution < -0.4 is 15.5 Å². The lowest BCUT2D eigenvalue weighted by Crippen LogP contribution is -2.37. The molecule has 2 N–H and O–H groups in total. The van der Waals surface area contributed by atoms with E-state index in [1.807, 2.05) is 6.20 Å². The van der Waals surface area contributed by atoms with Crippen LogP contribution in [0, 0.1) is 0 Å². The fraction of sp³-hybridized carbons (Fsp3) is 0.625. The van der Waals surface area contributed by atoms with Gasteiger partial charge in [0.15, 0.2) is 5.96 Å². The average molecular weight is 305 g/mol. The highest BCUT2D eigenvalue weighted by atomic mass is 16.5. The molecular weight excluding hydrogens is 278 g/mol. The Labute approximate surface area is 133 Å². The maximum Gasteiger partial charge on any atom is 0.191 e. The van der Waals surface area contributed by atoms with E-state index in [4.69, 9.17) is 4.74 Å². The van der Waals surface area contributed by atoms with Crippen LogP contribution in [0.5, 0.6) is 0 Å². The number of pyridine rings is 1. The van der Waals surface area contributed by atoms with Crippen molar-refractivity contribution in [3.05, 3.63) is 23.9 Å². The minimum atomic E-state index is 0.719. The van der Waals surface area contributed by atoms with Crippen LogP contribution in [0.1, 0.15) is 24.8 Å². The normalized spacial score (nSPS) is 15.2. The predicted molar refractivity (Wildman–Crippen MR) is 90.4 cm³/mol. The summed E-state index contributed by atoms with van der Waals surface area (Å²) in [6.07, 6.45) is 5.45. The van der Waals surface area contributed by atoms with Gasteiger partial charge in [-0.15, -0.1) is 0 Å². The number of hydrogen-bond acceptors (Lipinski definition) is 4. The van der Waals surface area contributed by atoms with Crippen LogP contribution in [0.15, 0.2) is 23.3 Å². The van der Waals surface area contributed by atoms with Crippen LogP contribution in [0.2, 0.25) is 0 Å². The highest BCUT2D eigenvalue weighted by Crippen LogP contribution is 2.17. The van der Waals surface area contributed by atoms with Crippen LogP contribution in [-0.2, 0) is 11.3 Å². The number of aromatic nitrogens is 1. The number of nitrogens with one attached hydrogen (secondary N) is 2. The van der Waals surface area contributed by atoms with Crippen molar-refractivity contribution >= 4 is 11.8 Å². The van der Waals surface area contributed by atoms with Crippen molar-refractivity contribution in [2.45, 2.75) is 25.8 Å². The molecule has 0 aromatic carbocycles. The molecule has 1 aliphatic heterocycles. The highest BCUT2D eigenvalue weighted by Gasteiger charge is 2.12. The van der Waals surface area contributed by atoms with Gasteiger partial charge in [-0.2, -0.15) is 0 Å². The fourth-order valence-corrected chi connectivity index (χ4v) is 2.48. The highest BCUT2D eigenvalue weighted by molar-refractivity contribution is 5.79. The van der Waals surface area contributed by atoms with Gasteiger partial charge in [0.2, 0.25) is 0 Å². The first kappa shape index (κ1) is 16.5. The smallest absolute Gasteiger partial charge is 0.191 e. The van der Waals surface area contributed by atoms with Crippen LogP contribution >= 0.6 is 0 Å². The molecule has 0 bridgehead atoms. The molecule has 0 radical (unpaired) electrons. The Morgan fingerprint density at radius 3 is 2.77 bits per heavy atom. The van der Waals surface area contributed by atoms with Gasteiger partial charge in [0.05, 0.1) is 0 Å². The van der Waals surface area contributed by atoms with E-state index < -0.39 is 0 Å². The lowest BCUT2D eigenvalue weighted by atomic mass is 10.3. The molecule has 1 saturated heterocycles. The number of nitrogens with zero attached hydrogens (tertiary/aromatic N) is 3. The van der Waals surface area contributed by atoms with Gasteiger partial charge in [-0.05, 0) is 30.9 Å². The molecule has 22 heavy (non-hydrogen) atoms. The number of ether oxygens (including phenoxy) is 1. The Balaban J connectivity index is 1.75. The van der Waals surface area contributed by atoms with Gasteiger partial charge in [0.1, 0.15) is 5.82 Å². The summed E-state index contributed by atoms with van der Waals surface area (Å²) in [6, 6.07) is 4.24. The maximum absolute atomic E-state index is 5.03. The van der Waals surface area contributed by atoms with Crippen molar-refractivity contribution in [1.82, 2.24) is 15.6 Å². The van der Waals surface area contributed by atoms with Crippen molar-refractivity contribution in [3.63, 3.8) is 0 Å². The summed E-state index contributed by atoms with van der Waals surface area (Å²) in [5.41, 5.74) is 1.16. The third-order valence-corrected chi connectivity index (χ3v) is 3.74. The molecule has 1 aromatic heterocycles. The number of aliphatic imine (C=N–C) groups is 1. The minimum absolute atomic E-state index is 0.719. The molecule has 0 aliphatic carbocycles. The Morgan fingerprint density at radius 2 is 2.14 bits per heavy atom. The van der Waals surface area contributed by atoms with E-state index in [1.165, 1.54) is 12.8 Å². The van der Waals surface area contributed by atoms with E-state index in [-0.39, 0.29) is 0 Å². The molecule has 2 heterocycles. The molecule has 0 unspecified atom stereocenters. The first-order valence-electron chi connectivity index (χ1n) is 7.97. The van der Waals surface area contributed by atoms with E-state index in [0.29, 0.717) is 0 Å². The number of hydrogen-bond donors (Lipinski definition) is 2. The molecule has 0 amide bonds. The summed E-state index contributed by atoms with van der Waals surface area (Å²) < 4.78 is 5.03. The number of guanidine groups is 1. The molecule has 6 heteroatoms. The molecule has 1 fully saturated rings. The minimum Gasteiger partial charge on any atom is -0.385 e. The van der Waals surface area contributed by atoms with Crippen molar-refractivity contribution in [2.24, 2.45) is 4.99 Å². The van der Waals surface area contributed by atoms with Gasteiger partial charge in [-0.25, -0.2) is 4.98 Å². The predicted octanol–water partition coefficient (Wildman–Crippen LogP) is 1.38. The van der Waals surface area contributed by atoms with Gasteiger partial charge < -0.3 is 20.3 Å². The fourth-order valence-electron chi connectivity index (χ4n) is 2.48. The van der Waals surface area contributed by atoms with Gasteiger partial charge in [0.25, 0.3) is 0 Å². The Bertz CT molecular complexity index is 454. The molecule has 2 rings (SSSR count). The monoisotopic (exact) mass is 305 g/mol. The Morgan fingerprint density at radius 1 is 1.32 bits per heavy atom. The van der Waals surface area contributed by atoms with Crippen LogP contribution in [0.3, 0.4) is 0 Å². The topological polar surface area (TPSA) is 61.8 Å². The van der Waals surface area contributed by atoms with E-state index in [0.717, 1.165) is 56.5 Å². The summed E-state index contributed by atoms with van der Waals surface area (Å²) in [5.74, 6) is 1.89. The molecule has 0 atom stereocenters. The number of anilines is 1. The van der Waals surface area contributed by atoms with Crippen molar-refractivity contribution in [3.8, 4) is 0 Å².